The molecule has 0 radical (unpaired) electrons. The smallest absolute Gasteiger partial charge is 0.257 e. The van der Waals surface area contributed by atoms with Crippen molar-refractivity contribution in [2.75, 3.05) is 11.1 Å². The Labute approximate surface area is 130 Å². The number of carbonyl (C=O) groups excluding carboxylic acids is 1. The first-order valence-electron chi connectivity index (χ1n) is 5.87. The van der Waals surface area contributed by atoms with Crippen LogP contribution in [0.15, 0.2) is 28.9 Å². The molecule has 0 saturated carbocycles. The molecule has 0 bridgehead atoms. The summed E-state index contributed by atoms with van der Waals surface area (Å²) < 4.78 is 0.969. The fourth-order valence-electron chi connectivity index (χ4n) is 1.92. The molecule has 0 fully saturated rings. The van der Waals surface area contributed by atoms with Gasteiger partial charge >= 0.3 is 0 Å². The summed E-state index contributed by atoms with van der Waals surface area (Å²) in [6.45, 7) is 3.85. The highest BCUT2D eigenvalue weighted by atomic mass is 79.9. The van der Waals surface area contributed by atoms with Gasteiger partial charge in [-0.3, -0.25) is 4.79 Å². The molecular weight excluding hydrogens is 342 g/mol. The number of halogens is 2. The van der Waals surface area contributed by atoms with E-state index in [4.69, 9.17) is 17.3 Å². The number of pyridine rings is 1. The average molecular weight is 355 g/mol. The zero-order chi connectivity index (χ0) is 14.9. The van der Waals surface area contributed by atoms with Gasteiger partial charge in [0.05, 0.1) is 10.6 Å². The lowest BCUT2D eigenvalue weighted by molar-refractivity contribution is 0.102. The van der Waals surface area contributed by atoms with E-state index in [1.807, 2.05) is 26.0 Å². The molecule has 0 saturated heterocycles. The molecule has 104 valence electrons. The van der Waals surface area contributed by atoms with Crippen LogP contribution in [0.5, 0.6) is 0 Å². The summed E-state index contributed by atoms with van der Waals surface area (Å²) >= 11 is 9.40. The first kappa shape index (κ1) is 14.8. The summed E-state index contributed by atoms with van der Waals surface area (Å²) in [7, 11) is 0. The van der Waals surface area contributed by atoms with E-state index in [0.29, 0.717) is 5.56 Å². The van der Waals surface area contributed by atoms with Crippen molar-refractivity contribution in [3.05, 3.63) is 50.6 Å². The highest BCUT2D eigenvalue weighted by Crippen LogP contribution is 2.26. The lowest BCUT2D eigenvalue weighted by atomic mass is 10.1. The number of amides is 1. The third-order valence-corrected chi connectivity index (χ3v) is 3.62. The Kier molecular flexibility index (Phi) is 4.30. The van der Waals surface area contributed by atoms with Gasteiger partial charge in [0.1, 0.15) is 5.82 Å². The Morgan fingerprint density at radius 3 is 2.50 bits per heavy atom. The van der Waals surface area contributed by atoms with E-state index in [2.05, 4.69) is 26.2 Å². The fraction of sp³-hybridized carbons (Fsp3) is 0.143. The number of nitrogens with one attached hydrogen (secondary N) is 1. The van der Waals surface area contributed by atoms with Crippen molar-refractivity contribution in [1.82, 2.24) is 4.98 Å². The maximum Gasteiger partial charge on any atom is 0.257 e. The van der Waals surface area contributed by atoms with Crippen LogP contribution in [0.2, 0.25) is 5.02 Å². The number of hydrogen-bond donors (Lipinski definition) is 2. The Bertz CT molecular complexity index is 665. The van der Waals surface area contributed by atoms with Gasteiger partial charge in [-0.1, -0.05) is 27.5 Å². The molecule has 2 rings (SSSR count). The van der Waals surface area contributed by atoms with Crippen LogP contribution in [0, 0.1) is 13.8 Å². The molecule has 0 aliphatic rings. The third-order valence-electron chi connectivity index (χ3n) is 2.86. The van der Waals surface area contributed by atoms with Gasteiger partial charge in [-0.15, -0.1) is 0 Å². The molecule has 6 heteroatoms. The quantitative estimate of drug-likeness (QED) is 0.858. The van der Waals surface area contributed by atoms with Gasteiger partial charge in [0.2, 0.25) is 0 Å². The predicted molar refractivity (Wildman–Crippen MR) is 85.2 cm³/mol. The minimum atomic E-state index is -0.308. The van der Waals surface area contributed by atoms with Gasteiger partial charge in [-0.05, 0) is 43.2 Å². The van der Waals surface area contributed by atoms with Crippen LogP contribution >= 0.6 is 27.5 Å². The minimum absolute atomic E-state index is 0.254. The van der Waals surface area contributed by atoms with Gasteiger partial charge < -0.3 is 11.1 Å². The number of carbonyl (C=O) groups is 1. The molecule has 0 aliphatic heterocycles. The number of aryl methyl sites for hydroxylation is 2. The Morgan fingerprint density at radius 2 is 1.90 bits per heavy atom. The molecule has 1 aromatic heterocycles. The first-order valence-corrected chi connectivity index (χ1v) is 7.04. The molecule has 0 aliphatic carbocycles. The summed E-state index contributed by atoms with van der Waals surface area (Å²) in [5, 5.41) is 3.13. The van der Waals surface area contributed by atoms with Crippen LogP contribution in [0.1, 0.15) is 21.5 Å². The van der Waals surface area contributed by atoms with Crippen molar-refractivity contribution in [1.29, 1.82) is 0 Å². The summed E-state index contributed by atoms with van der Waals surface area (Å²) in [4.78, 5) is 16.1. The third kappa shape index (κ3) is 3.11. The van der Waals surface area contributed by atoms with Crippen LogP contribution in [0.25, 0.3) is 0 Å². The largest absolute Gasteiger partial charge is 0.384 e. The van der Waals surface area contributed by atoms with E-state index in [-0.39, 0.29) is 16.7 Å². The summed E-state index contributed by atoms with van der Waals surface area (Å²) in [6.07, 6.45) is 1.37. The second-order valence-corrected chi connectivity index (χ2v) is 5.78. The Balaban J connectivity index is 2.35. The SMILES string of the molecule is Cc1cc(Br)cc(C)c1NC(=O)c1cc(N)ncc1Cl. The standard InChI is InChI=1S/C14H13BrClN3O/c1-7-3-9(15)4-8(2)13(7)19-14(20)10-5-12(17)18-6-11(10)16/h3-6H,1-2H3,(H2,17,18)(H,19,20). The molecule has 4 nitrogen and oxygen atoms in total. The fourth-order valence-corrected chi connectivity index (χ4v) is 2.79. The van der Waals surface area contributed by atoms with Crippen LogP contribution in [0.4, 0.5) is 11.5 Å². The highest BCUT2D eigenvalue weighted by Gasteiger charge is 2.14. The number of benzene rings is 1. The molecule has 0 unspecified atom stereocenters. The van der Waals surface area contributed by atoms with Crippen molar-refractivity contribution in [2.45, 2.75) is 13.8 Å². The number of nitrogens with zero attached hydrogens (tertiary/aromatic N) is 1. The Hall–Kier alpha value is -1.59. The lowest BCUT2D eigenvalue weighted by Gasteiger charge is -2.13. The predicted octanol–water partition coefficient (Wildman–Crippen LogP) is 3.95. The van der Waals surface area contributed by atoms with E-state index in [9.17, 15) is 4.79 Å². The number of hydrogen-bond acceptors (Lipinski definition) is 3. The second-order valence-electron chi connectivity index (χ2n) is 4.46. The number of nitrogen functional groups attached to an aromatic ring is 1. The van der Waals surface area contributed by atoms with Gasteiger partial charge in [0, 0.05) is 16.4 Å². The topological polar surface area (TPSA) is 68.0 Å². The summed E-state index contributed by atoms with van der Waals surface area (Å²) in [5.74, 6) is -0.0542. The van der Waals surface area contributed by atoms with Crippen molar-refractivity contribution >= 4 is 44.9 Å². The molecule has 20 heavy (non-hydrogen) atoms. The molecule has 1 aromatic carbocycles. The maximum absolute atomic E-state index is 12.3. The van der Waals surface area contributed by atoms with Crippen LogP contribution in [-0.2, 0) is 0 Å². The van der Waals surface area contributed by atoms with Gasteiger partial charge in [0.15, 0.2) is 0 Å². The normalized spacial score (nSPS) is 10.4. The molecule has 0 atom stereocenters. The zero-order valence-corrected chi connectivity index (χ0v) is 13.3. The van der Waals surface area contributed by atoms with Gasteiger partial charge in [-0.25, -0.2) is 4.98 Å². The van der Waals surface area contributed by atoms with Crippen molar-refractivity contribution in [3.8, 4) is 0 Å². The number of aromatic nitrogens is 1. The van der Waals surface area contributed by atoms with Crippen LogP contribution in [0.3, 0.4) is 0 Å². The monoisotopic (exact) mass is 353 g/mol. The van der Waals surface area contributed by atoms with Crippen molar-refractivity contribution < 1.29 is 4.79 Å². The molecule has 1 heterocycles. The maximum atomic E-state index is 12.3. The van der Waals surface area contributed by atoms with Crippen LogP contribution in [-0.4, -0.2) is 10.9 Å². The number of nitrogens with two attached hydrogens (primary N) is 1. The Morgan fingerprint density at radius 1 is 1.30 bits per heavy atom. The van der Waals surface area contributed by atoms with E-state index in [0.717, 1.165) is 21.3 Å². The van der Waals surface area contributed by atoms with E-state index >= 15 is 0 Å². The van der Waals surface area contributed by atoms with Gasteiger partial charge in [0.25, 0.3) is 5.91 Å². The first-order chi connectivity index (χ1) is 9.38. The van der Waals surface area contributed by atoms with E-state index in [1.165, 1.54) is 12.3 Å². The highest BCUT2D eigenvalue weighted by molar-refractivity contribution is 9.10. The van der Waals surface area contributed by atoms with Crippen molar-refractivity contribution in [2.24, 2.45) is 0 Å². The molecule has 1 amide bonds. The molecule has 0 spiro atoms. The zero-order valence-electron chi connectivity index (χ0n) is 11.0. The van der Waals surface area contributed by atoms with E-state index < -0.39 is 0 Å². The molecular formula is C14H13BrClN3O. The molecule has 2 aromatic rings. The molecule has 3 N–H and O–H groups in total. The van der Waals surface area contributed by atoms with E-state index in [1.54, 1.807) is 0 Å². The van der Waals surface area contributed by atoms with Crippen molar-refractivity contribution in [3.63, 3.8) is 0 Å². The summed E-state index contributed by atoms with van der Waals surface area (Å²) in [5.41, 5.74) is 8.58. The van der Waals surface area contributed by atoms with Crippen LogP contribution < -0.4 is 11.1 Å². The lowest BCUT2D eigenvalue weighted by Crippen LogP contribution is -2.15. The number of anilines is 2. The number of rotatable bonds is 2. The second kappa shape index (κ2) is 5.81. The average Bonchev–Trinajstić information content (AvgIpc) is 2.36. The summed E-state index contributed by atoms with van der Waals surface area (Å²) in [6, 6.07) is 5.33. The minimum Gasteiger partial charge on any atom is -0.384 e. The van der Waals surface area contributed by atoms with Gasteiger partial charge in [-0.2, -0.15) is 0 Å².